The van der Waals surface area contributed by atoms with E-state index in [4.69, 9.17) is 19.2 Å². The molecule has 3 saturated heterocycles. The van der Waals surface area contributed by atoms with Crippen molar-refractivity contribution < 1.29 is 38.2 Å². The van der Waals surface area contributed by atoms with Crippen molar-refractivity contribution in [3.63, 3.8) is 0 Å². The quantitative estimate of drug-likeness (QED) is 0.190. The van der Waals surface area contributed by atoms with Crippen LogP contribution in [-0.4, -0.2) is 170 Å². The van der Waals surface area contributed by atoms with Gasteiger partial charge in [-0.05, 0) is 103 Å². The Kier molecular flexibility index (Phi) is 15.9. The molecule has 7 heterocycles. The molecule has 0 spiro atoms. The van der Waals surface area contributed by atoms with E-state index in [1.165, 1.54) is 14.5 Å². The molecule has 3 fully saturated rings. The molecule has 73 heavy (non-hydrogen) atoms. The van der Waals surface area contributed by atoms with E-state index in [9.17, 15) is 24.0 Å². The van der Waals surface area contributed by atoms with E-state index in [0.717, 1.165) is 39.1 Å². The Balaban J connectivity index is 1.10. The SMILES string of the molecule is CCn1c(-c2cccnc2[C@H](C)OC)c2c3cc(ccc31)N1CCO[C@@H](C[C@H](NC(=O)[C@H](C(C)C)N(C)C(=O)N(C(C)C)C3CN(C(=O)n4c(C)nnc4C)C3)C(=O)N3CCC[C@H](N3)C(=O)OCC(C)(C)C2)C1. The minimum atomic E-state index is -1.09. The van der Waals surface area contributed by atoms with Gasteiger partial charge in [0, 0.05) is 99.7 Å². The van der Waals surface area contributed by atoms with Gasteiger partial charge in [0.2, 0.25) is 5.91 Å². The summed E-state index contributed by atoms with van der Waals surface area (Å²) in [4.78, 5) is 83.7. The molecule has 1 aromatic carbocycles. The van der Waals surface area contributed by atoms with Crippen molar-refractivity contribution in [2.24, 2.45) is 11.3 Å². The maximum absolute atomic E-state index is 14.9. The molecule has 20 nitrogen and oxygen atoms in total. The number of anilines is 1. The summed E-state index contributed by atoms with van der Waals surface area (Å²) in [6, 6.07) is 6.59. The average molecular weight is 1010 g/mol. The fourth-order valence-corrected chi connectivity index (χ4v) is 11.2. The maximum atomic E-state index is 14.9. The first-order valence-corrected chi connectivity index (χ1v) is 26.0. The molecule has 0 unspecified atom stereocenters. The number of nitrogens with one attached hydrogen (secondary N) is 2. The van der Waals surface area contributed by atoms with Crippen LogP contribution in [0.25, 0.3) is 22.2 Å². The van der Waals surface area contributed by atoms with Crippen LogP contribution in [0.1, 0.15) is 104 Å². The van der Waals surface area contributed by atoms with Gasteiger partial charge in [0.05, 0.1) is 42.9 Å². The van der Waals surface area contributed by atoms with Crippen molar-refractivity contribution >= 4 is 46.4 Å². The summed E-state index contributed by atoms with van der Waals surface area (Å²) in [5.74, 6) is -0.755. The number of fused-ring (bicyclic) bond motifs is 6. The number of cyclic esters (lactones) is 1. The van der Waals surface area contributed by atoms with Crippen LogP contribution in [0.3, 0.4) is 0 Å². The van der Waals surface area contributed by atoms with Gasteiger partial charge in [0.25, 0.3) is 5.91 Å². The molecule has 5 amide bonds. The monoisotopic (exact) mass is 1010 g/mol. The number of rotatable bonds is 10. The molecule has 20 heteroatoms. The Bertz CT molecular complexity index is 2670. The lowest BCUT2D eigenvalue weighted by atomic mass is 9.84. The van der Waals surface area contributed by atoms with Gasteiger partial charge in [-0.2, -0.15) is 0 Å². The second kappa shape index (κ2) is 21.8. The number of likely N-dealkylation sites (N-methyl/N-ethyl adjacent to an activating group) is 1. The van der Waals surface area contributed by atoms with Gasteiger partial charge >= 0.3 is 18.0 Å². The van der Waals surface area contributed by atoms with Crippen LogP contribution in [0, 0.1) is 25.2 Å². The highest BCUT2D eigenvalue weighted by Gasteiger charge is 2.44. The molecule has 4 aliphatic rings. The van der Waals surface area contributed by atoms with Crippen LogP contribution in [-0.2, 0) is 41.6 Å². The van der Waals surface area contributed by atoms with Crippen LogP contribution in [0.15, 0.2) is 36.5 Å². The molecule has 6 bridgehead atoms. The van der Waals surface area contributed by atoms with Crippen molar-refractivity contribution in [3.05, 3.63) is 59.4 Å². The molecule has 4 aromatic rings. The molecule has 8 rings (SSSR count). The molecule has 0 saturated carbocycles. The highest BCUT2D eigenvalue weighted by Crippen LogP contribution is 2.42. The predicted octanol–water partition coefficient (Wildman–Crippen LogP) is 5.48. The third-order valence-electron chi connectivity index (χ3n) is 15.0. The maximum Gasteiger partial charge on any atom is 0.331 e. The van der Waals surface area contributed by atoms with Crippen LogP contribution in [0.5, 0.6) is 0 Å². The minimum absolute atomic E-state index is 0.130. The Morgan fingerprint density at radius 3 is 2.41 bits per heavy atom. The lowest BCUT2D eigenvalue weighted by Crippen LogP contribution is -2.67. The summed E-state index contributed by atoms with van der Waals surface area (Å²) in [6.45, 7) is 22.6. The molecular weight excluding hydrogens is 933 g/mol. The Morgan fingerprint density at radius 2 is 1.74 bits per heavy atom. The number of carbonyl (C=O) groups is 5. The number of aromatic nitrogens is 5. The second-order valence-corrected chi connectivity index (χ2v) is 21.6. The number of nitrogens with zero attached hydrogens (tertiary/aromatic N) is 10. The average Bonchev–Trinajstić information content (AvgIpc) is 3.85. The number of methoxy groups -OCH3 is 1. The number of carbonyl (C=O) groups excluding carboxylic acids is 5. The minimum Gasteiger partial charge on any atom is -0.464 e. The number of benzene rings is 1. The molecule has 3 aromatic heterocycles. The third kappa shape index (κ3) is 10.8. The zero-order valence-electron chi connectivity index (χ0n) is 44.8. The highest BCUT2D eigenvalue weighted by molar-refractivity contribution is 5.95. The zero-order valence-corrected chi connectivity index (χ0v) is 44.8. The fraction of sp³-hybridized carbons (Fsp3) is 0.623. The number of esters is 1. The van der Waals surface area contributed by atoms with Crippen LogP contribution in [0.2, 0.25) is 0 Å². The summed E-state index contributed by atoms with van der Waals surface area (Å²) < 4.78 is 22.2. The molecule has 5 atom stereocenters. The number of hydrogen-bond acceptors (Lipinski definition) is 13. The number of morpholine rings is 1. The van der Waals surface area contributed by atoms with Crippen molar-refractivity contribution in [2.45, 2.75) is 144 Å². The Labute approximate surface area is 429 Å². The number of urea groups is 1. The summed E-state index contributed by atoms with van der Waals surface area (Å²) in [5, 5.41) is 13.7. The van der Waals surface area contributed by atoms with Crippen molar-refractivity contribution in [1.29, 1.82) is 0 Å². The fourth-order valence-electron chi connectivity index (χ4n) is 11.2. The van der Waals surface area contributed by atoms with Gasteiger partial charge < -0.3 is 43.7 Å². The van der Waals surface area contributed by atoms with E-state index in [2.05, 4.69) is 75.4 Å². The van der Waals surface area contributed by atoms with E-state index in [-0.39, 0.29) is 49.2 Å². The number of hydrogen-bond donors (Lipinski definition) is 2. The predicted molar refractivity (Wildman–Crippen MR) is 275 cm³/mol. The number of likely N-dealkylation sites (tertiary alicyclic amines) is 1. The van der Waals surface area contributed by atoms with E-state index >= 15 is 0 Å². The van der Waals surface area contributed by atoms with Crippen molar-refractivity contribution in [2.75, 3.05) is 65.0 Å². The van der Waals surface area contributed by atoms with Gasteiger partial charge in [-0.3, -0.25) is 24.4 Å². The first kappa shape index (κ1) is 53.2. The van der Waals surface area contributed by atoms with E-state index < -0.39 is 47.4 Å². The normalized spacial score (nSPS) is 21.7. The lowest BCUT2D eigenvalue weighted by Gasteiger charge is -2.48. The zero-order chi connectivity index (χ0) is 52.6. The number of pyridine rings is 1. The molecular formula is C53H76N12O8. The lowest BCUT2D eigenvalue weighted by molar-refractivity contribution is -0.156. The van der Waals surface area contributed by atoms with Gasteiger partial charge in [0.15, 0.2) is 0 Å². The highest BCUT2D eigenvalue weighted by atomic mass is 16.5. The van der Waals surface area contributed by atoms with E-state index in [1.807, 2.05) is 40.7 Å². The second-order valence-electron chi connectivity index (χ2n) is 21.6. The molecule has 2 N–H and O–H groups in total. The van der Waals surface area contributed by atoms with E-state index in [1.54, 1.807) is 44.0 Å². The number of hydrazine groups is 1. The number of ether oxygens (including phenoxy) is 3. The number of amides is 5. The number of aryl methyl sites for hydroxylation is 3. The molecule has 396 valence electrons. The van der Waals surface area contributed by atoms with E-state index in [0.29, 0.717) is 76.8 Å². The largest absolute Gasteiger partial charge is 0.464 e. The third-order valence-corrected chi connectivity index (χ3v) is 15.0. The van der Waals surface area contributed by atoms with Crippen molar-refractivity contribution in [1.82, 2.24) is 54.8 Å². The summed E-state index contributed by atoms with van der Waals surface area (Å²) in [7, 11) is 3.30. The van der Waals surface area contributed by atoms with Gasteiger partial charge in [-0.1, -0.05) is 27.7 Å². The molecule has 4 aliphatic heterocycles. The van der Waals surface area contributed by atoms with Crippen molar-refractivity contribution in [3.8, 4) is 11.3 Å². The molecule has 0 aliphatic carbocycles. The molecule has 0 radical (unpaired) electrons. The first-order valence-electron chi connectivity index (χ1n) is 26.0. The van der Waals surface area contributed by atoms with Gasteiger partial charge in [-0.25, -0.2) is 19.6 Å². The Hall–Kier alpha value is -6.12. The van der Waals surface area contributed by atoms with Crippen LogP contribution in [0.4, 0.5) is 15.3 Å². The topological polar surface area (TPSA) is 202 Å². The summed E-state index contributed by atoms with van der Waals surface area (Å²) in [5.41, 5.74) is 8.72. The smallest absolute Gasteiger partial charge is 0.331 e. The van der Waals surface area contributed by atoms with Gasteiger partial charge in [-0.15, -0.1) is 10.2 Å². The van der Waals surface area contributed by atoms with Crippen LogP contribution < -0.4 is 15.6 Å². The standard InChI is InChI=1S/C53H76N12O8/c1-13-62-44-19-18-36-24-40(44)41(47(62)39-16-14-20-54-45(39)33(6)71-12)26-53(9,10)30-73-50(68)42-17-15-21-63(58-42)49(67)43(25-38-29-60(36)22-23-72-38)55-48(66)46(31(2)3)59(11)51(69)64(32(4)5)37-27-61(28-37)52(70)65-34(7)56-57-35(65)8/h14,16,18-20,24,31-33,37-38,42-43,46,58H,13,15,17,21-23,25-30H2,1-12H3,(H,55,66)/t33-,38-,42-,43-,46-/m0/s1. The Morgan fingerprint density at radius 1 is 1.01 bits per heavy atom. The summed E-state index contributed by atoms with van der Waals surface area (Å²) in [6.07, 6.45) is 2.77. The van der Waals surface area contributed by atoms with Crippen LogP contribution >= 0.6 is 0 Å². The summed E-state index contributed by atoms with van der Waals surface area (Å²) >= 11 is 0. The first-order chi connectivity index (χ1) is 34.7. The van der Waals surface area contributed by atoms with Gasteiger partial charge in [0.1, 0.15) is 29.8 Å².